The first-order valence-electron chi connectivity index (χ1n) is 5.06. The maximum Gasteiger partial charge on any atom is 0.283 e. The predicted octanol–water partition coefficient (Wildman–Crippen LogP) is 2.03. The number of hydrogen-bond acceptors (Lipinski definition) is 6. The predicted molar refractivity (Wildman–Crippen MR) is 65.6 cm³/mol. The van der Waals surface area contributed by atoms with Crippen LogP contribution in [0, 0.1) is 10.1 Å². The Morgan fingerprint density at radius 3 is 2.94 bits per heavy atom. The highest BCUT2D eigenvalue weighted by molar-refractivity contribution is 9.10. The van der Waals surface area contributed by atoms with Crippen molar-refractivity contribution in [3.8, 4) is 0 Å². The summed E-state index contributed by atoms with van der Waals surface area (Å²) in [6.07, 6.45) is 1.25. The van der Waals surface area contributed by atoms with E-state index in [1.807, 2.05) is 0 Å². The van der Waals surface area contributed by atoms with Gasteiger partial charge >= 0.3 is 0 Å². The SMILES string of the molecule is O=[N+]([O-])c1cccc(CNCc2ncon2)c1Br. The summed E-state index contributed by atoms with van der Waals surface area (Å²) in [6.45, 7) is 0.905. The molecule has 0 radical (unpaired) electrons. The van der Waals surface area contributed by atoms with Gasteiger partial charge in [-0.1, -0.05) is 17.3 Å². The summed E-state index contributed by atoms with van der Waals surface area (Å²) in [7, 11) is 0. The van der Waals surface area contributed by atoms with E-state index < -0.39 is 4.92 Å². The third kappa shape index (κ3) is 2.90. The van der Waals surface area contributed by atoms with Crippen LogP contribution in [0.5, 0.6) is 0 Å². The molecule has 2 aromatic rings. The Morgan fingerprint density at radius 1 is 1.44 bits per heavy atom. The summed E-state index contributed by atoms with van der Waals surface area (Å²) in [6, 6.07) is 4.90. The van der Waals surface area contributed by atoms with Crippen molar-refractivity contribution in [3.63, 3.8) is 0 Å². The van der Waals surface area contributed by atoms with Crippen molar-refractivity contribution >= 4 is 21.6 Å². The Bertz CT molecular complexity index is 544. The molecule has 0 aliphatic rings. The summed E-state index contributed by atoms with van der Waals surface area (Å²) >= 11 is 3.23. The maximum absolute atomic E-state index is 10.8. The Morgan fingerprint density at radius 2 is 2.28 bits per heavy atom. The summed E-state index contributed by atoms with van der Waals surface area (Å²) in [5.41, 5.74) is 0.849. The normalized spacial score (nSPS) is 10.5. The Hall–Kier alpha value is -1.80. The van der Waals surface area contributed by atoms with Crippen LogP contribution in [0.2, 0.25) is 0 Å². The van der Waals surface area contributed by atoms with E-state index in [1.165, 1.54) is 12.5 Å². The molecule has 0 saturated carbocycles. The second kappa shape index (κ2) is 5.69. The van der Waals surface area contributed by atoms with Crippen molar-refractivity contribution < 1.29 is 9.45 Å². The molecule has 18 heavy (non-hydrogen) atoms. The van der Waals surface area contributed by atoms with E-state index >= 15 is 0 Å². The molecule has 0 fully saturated rings. The highest BCUT2D eigenvalue weighted by Crippen LogP contribution is 2.28. The molecule has 0 aliphatic heterocycles. The van der Waals surface area contributed by atoms with E-state index in [0.717, 1.165) is 5.56 Å². The van der Waals surface area contributed by atoms with Crippen molar-refractivity contribution in [3.05, 3.63) is 50.6 Å². The molecular weight excluding hydrogens is 304 g/mol. The molecule has 0 spiro atoms. The van der Waals surface area contributed by atoms with Gasteiger partial charge in [0.1, 0.15) is 0 Å². The van der Waals surface area contributed by atoms with Crippen molar-refractivity contribution in [2.45, 2.75) is 13.1 Å². The van der Waals surface area contributed by atoms with Gasteiger partial charge in [0.15, 0.2) is 5.82 Å². The van der Waals surface area contributed by atoms with Gasteiger partial charge in [0.05, 0.1) is 15.9 Å². The number of nitrogens with zero attached hydrogens (tertiary/aromatic N) is 3. The van der Waals surface area contributed by atoms with Gasteiger partial charge in [-0.15, -0.1) is 0 Å². The summed E-state index contributed by atoms with van der Waals surface area (Å²) < 4.78 is 5.07. The minimum Gasteiger partial charge on any atom is -0.343 e. The topological polar surface area (TPSA) is 94.1 Å². The zero-order valence-electron chi connectivity index (χ0n) is 9.17. The largest absolute Gasteiger partial charge is 0.343 e. The number of nitro groups is 1. The minimum absolute atomic E-state index is 0.0499. The molecule has 0 aliphatic carbocycles. The summed E-state index contributed by atoms with van der Waals surface area (Å²) in [5.74, 6) is 0.538. The van der Waals surface area contributed by atoms with Crippen molar-refractivity contribution in [2.75, 3.05) is 0 Å². The molecule has 0 saturated heterocycles. The van der Waals surface area contributed by atoms with Gasteiger partial charge in [0, 0.05) is 12.6 Å². The van der Waals surface area contributed by atoms with Crippen molar-refractivity contribution in [1.82, 2.24) is 15.5 Å². The lowest BCUT2D eigenvalue weighted by Crippen LogP contribution is -2.14. The first-order chi connectivity index (χ1) is 8.68. The van der Waals surface area contributed by atoms with Crippen LogP contribution in [0.4, 0.5) is 5.69 Å². The third-order valence-corrected chi connectivity index (χ3v) is 3.18. The summed E-state index contributed by atoms with van der Waals surface area (Å²) in [4.78, 5) is 14.2. The van der Waals surface area contributed by atoms with Gasteiger partial charge in [0.2, 0.25) is 6.39 Å². The van der Waals surface area contributed by atoms with Crippen molar-refractivity contribution in [2.24, 2.45) is 0 Å². The molecule has 0 amide bonds. The van der Waals surface area contributed by atoms with Crippen LogP contribution in [-0.2, 0) is 13.1 Å². The second-order valence-electron chi connectivity index (χ2n) is 3.46. The number of benzene rings is 1. The van der Waals surface area contributed by atoms with Crippen molar-refractivity contribution in [1.29, 1.82) is 0 Å². The lowest BCUT2D eigenvalue weighted by molar-refractivity contribution is -0.385. The quantitative estimate of drug-likeness (QED) is 0.670. The van der Waals surface area contributed by atoms with Gasteiger partial charge < -0.3 is 9.84 Å². The van der Waals surface area contributed by atoms with Crippen LogP contribution >= 0.6 is 15.9 Å². The fraction of sp³-hybridized carbons (Fsp3) is 0.200. The molecule has 1 N–H and O–H groups in total. The zero-order valence-corrected chi connectivity index (χ0v) is 10.8. The second-order valence-corrected chi connectivity index (χ2v) is 4.25. The van der Waals surface area contributed by atoms with E-state index in [4.69, 9.17) is 0 Å². The number of hydrogen-bond donors (Lipinski definition) is 1. The zero-order chi connectivity index (χ0) is 13.0. The van der Waals surface area contributed by atoms with Crippen LogP contribution in [0.25, 0.3) is 0 Å². The highest BCUT2D eigenvalue weighted by atomic mass is 79.9. The smallest absolute Gasteiger partial charge is 0.283 e. The molecule has 94 valence electrons. The van der Waals surface area contributed by atoms with Crippen LogP contribution < -0.4 is 5.32 Å². The lowest BCUT2D eigenvalue weighted by atomic mass is 10.2. The molecule has 2 rings (SSSR count). The molecule has 8 heteroatoms. The van der Waals surface area contributed by atoms with E-state index in [1.54, 1.807) is 12.1 Å². The van der Waals surface area contributed by atoms with E-state index in [9.17, 15) is 10.1 Å². The van der Waals surface area contributed by atoms with Crippen LogP contribution in [0.3, 0.4) is 0 Å². The van der Waals surface area contributed by atoms with Gasteiger partial charge in [-0.3, -0.25) is 10.1 Å². The third-order valence-electron chi connectivity index (χ3n) is 2.26. The Balaban J connectivity index is 2.01. The number of halogens is 1. The average molecular weight is 313 g/mol. The summed E-state index contributed by atoms with van der Waals surface area (Å²) in [5, 5.41) is 17.5. The van der Waals surface area contributed by atoms with Gasteiger partial charge in [-0.2, -0.15) is 4.98 Å². The van der Waals surface area contributed by atoms with Crippen LogP contribution in [-0.4, -0.2) is 15.1 Å². The molecule has 7 nitrogen and oxygen atoms in total. The molecule has 0 bridgehead atoms. The first kappa shape index (κ1) is 12.7. The van der Waals surface area contributed by atoms with Gasteiger partial charge in [0.25, 0.3) is 5.69 Å². The fourth-order valence-corrected chi connectivity index (χ4v) is 1.97. The molecule has 0 unspecified atom stereocenters. The molecule has 1 aromatic carbocycles. The number of nitro benzene ring substituents is 1. The Labute approximate surface area is 110 Å². The molecular formula is C10H9BrN4O3. The molecule has 1 aromatic heterocycles. The molecule has 0 atom stereocenters. The first-order valence-corrected chi connectivity index (χ1v) is 5.85. The van der Waals surface area contributed by atoms with Crippen LogP contribution in [0.1, 0.15) is 11.4 Å². The Kier molecular flexibility index (Phi) is 4.00. The minimum atomic E-state index is -0.424. The van der Waals surface area contributed by atoms with E-state index in [-0.39, 0.29) is 5.69 Å². The lowest BCUT2D eigenvalue weighted by Gasteiger charge is -2.05. The average Bonchev–Trinajstić information content (AvgIpc) is 2.84. The maximum atomic E-state index is 10.8. The monoisotopic (exact) mass is 312 g/mol. The highest BCUT2D eigenvalue weighted by Gasteiger charge is 2.14. The molecule has 1 heterocycles. The van der Waals surface area contributed by atoms with Crippen LogP contribution in [0.15, 0.2) is 33.6 Å². The van der Waals surface area contributed by atoms with Gasteiger partial charge in [-0.05, 0) is 21.5 Å². The number of aromatic nitrogens is 2. The van der Waals surface area contributed by atoms with Gasteiger partial charge in [-0.25, -0.2) is 0 Å². The van der Waals surface area contributed by atoms with E-state index in [0.29, 0.717) is 23.4 Å². The van der Waals surface area contributed by atoms with E-state index in [2.05, 4.69) is 35.9 Å². The fourth-order valence-electron chi connectivity index (χ4n) is 1.42. The number of rotatable bonds is 5. The number of nitrogens with one attached hydrogen (secondary N) is 1. The standard InChI is InChI=1S/C10H9BrN4O3/c11-10-7(2-1-3-8(10)15(16)17)4-12-5-9-13-6-18-14-9/h1-3,6,12H,4-5H2.